The van der Waals surface area contributed by atoms with E-state index in [1.807, 2.05) is 32.0 Å². The van der Waals surface area contributed by atoms with Crippen LogP contribution in [0.4, 0.5) is 5.13 Å². The van der Waals surface area contributed by atoms with Gasteiger partial charge in [-0.15, -0.1) is 0 Å². The first kappa shape index (κ1) is 20.8. The second kappa shape index (κ2) is 9.97. The van der Waals surface area contributed by atoms with Crippen LogP contribution in [-0.2, 0) is 9.53 Å². The number of nitrogens with one attached hydrogen (secondary N) is 1. The highest BCUT2D eigenvalue weighted by Gasteiger charge is 2.18. The summed E-state index contributed by atoms with van der Waals surface area (Å²) in [4.78, 5) is 40.7. The summed E-state index contributed by atoms with van der Waals surface area (Å²) in [7, 11) is 0. The Balaban J connectivity index is 1.81. The van der Waals surface area contributed by atoms with E-state index in [0.717, 1.165) is 11.3 Å². The maximum atomic E-state index is 12.1. The average Bonchev–Trinajstić information content (AvgIpc) is 3.00. The molecule has 0 aliphatic carbocycles. The predicted molar refractivity (Wildman–Crippen MR) is 105 cm³/mol. The minimum absolute atomic E-state index is 0.0173. The molecule has 0 bridgehead atoms. The summed E-state index contributed by atoms with van der Waals surface area (Å²) in [5.74, 6) is -0.386. The molecule has 0 fully saturated rings. The molecular weight excluding hydrogens is 364 g/mol. The first-order valence-corrected chi connectivity index (χ1v) is 9.71. The van der Waals surface area contributed by atoms with Gasteiger partial charge in [0.1, 0.15) is 4.88 Å². The van der Waals surface area contributed by atoms with Crippen molar-refractivity contribution in [2.24, 2.45) is 5.92 Å². The maximum absolute atomic E-state index is 12.1. The molecule has 1 aromatic carbocycles. The standard InChI is InChI=1S/C20H24N2O4S/c1-13(2)12-26-19(25)18-14(3)21-20(27-18)22-17(24)11-7-10-16(23)15-8-5-4-6-9-15/h4-6,8-9,13H,7,10-12H2,1-3H3,(H,21,22,24). The van der Waals surface area contributed by atoms with Gasteiger partial charge in [0.2, 0.25) is 5.91 Å². The topological polar surface area (TPSA) is 85.4 Å². The van der Waals surface area contributed by atoms with Crippen molar-refractivity contribution in [3.05, 3.63) is 46.5 Å². The number of aryl methyl sites for hydroxylation is 1. The number of benzene rings is 1. The van der Waals surface area contributed by atoms with Crippen LogP contribution in [-0.4, -0.2) is 29.3 Å². The smallest absolute Gasteiger partial charge is 0.350 e. The average molecular weight is 388 g/mol. The largest absolute Gasteiger partial charge is 0.461 e. The normalized spacial score (nSPS) is 10.7. The van der Waals surface area contributed by atoms with Gasteiger partial charge in [0.05, 0.1) is 12.3 Å². The van der Waals surface area contributed by atoms with Crippen LogP contribution in [0.3, 0.4) is 0 Å². The summed E-state index contributed by atoms with van der Waals surface area (Å²) in [5, 5.41) is 3.05. The Morgan fingerprint density at radius 3 is 2.52 bits per heavy atom. The number of carbonyl (C=O) groups excluding carboxylic acids is 3. The number of aromatic nitrogens is 1. The fraction of sp³-hybridized carbons (Fsp3) is 0.400. The third-order valence-electron chi connectivity index (χ3n) is 3.68. The van der Waals surface area contributed by atoms with Gasteiger partial charge < -0.3 is 10.1 Å². The van der Waals surface area contributed by atoms with Gasteiger partial charge in [0, 0.05) is 18.4 Å². The quantitative estimate of drug-likeness (QED) is 0.512. The molecule has 0 saturated carbocycles. The molecule has 0 saturated heterocycles. The minimum atomic E-state index is -0.423. The lowest BCUT2D eigenvalue weighted by molar-refractivity contribution is -0.116. The molecular formula is C20H24N2O4S. The van der Waals surface area contributed by atoms with Gasteiger partial charge in [-0.1, -0.05) is 55.5 Å². The molecule has 0 spiro atoms. The number of amides is 1. The Hall–Kier alpha value is -2.54. The van der Waals surface area contributed by atoms with Crippen LogP contribution < -0.4 is 5.32 Å². The Morgan fingerprint density at radius 2 is 1.85 bits per heavy atom. The zero-order valence-corrected chi connectivity index (χ0v) is 16.6. The molecule has 1 N–H and O–H groups in total. The number of esters is 1. The van der Waals surface area contributed by atoms with E-state index in [0.29, 0.717) is 40.7 Å². The van der Waals surface area contributed by atoms with Crippen molar-refractivity contribution in [3.8, 4) is 0 Å². The van der Waals surface area contributed by atoms with Crippen molar-refractivity contribution in [3.63, 3.8) is 0 Å². The van der Waals surface area contributed by atoms with Gasteiger partial charge in [-0.25, -0.2) is 9.78 Å². The molecule has 0 radical (unpaired) electrons. The van der Waals surface area contributed by atoms with Crippen molar-refractivity contribution in [1.29, 1.82) is 0 Å². The van der Waals surface area contributed by atoms with Crippen molar-refractivity contribution in [1.82, 2.24) is 4.98 Å². The van der Waals surface area contributed by atoms with E-state index in [1.165, 1.54) is 0 Å². The van der Waals surface area contributed by atoms with Crippen LogP contribution >= 0.6 is 11.3 Å². The first-order chi connectivity index (χ1) is 12.9. The van der Waals surface area contributed by atoms with Crippen molar-refractivity contribution in [2.45, 2.75) is 40.0 Å². The van der Waals surface area contributed by atoms with E-state index in [1.54, 1.807) is 19.1 Å². The number of hydrogen-bond donors (Lipinski definition) is 1. The van der Waals surface area contributed by atoms with Crippen LogP contribution in [0.5, 0.6) is 0 Å². The van der Waals surface area contributed by atoms with Crippen molar-refractivity contribution >= 4 is 34.1 Å². The van der Waals surface area contributed by atoms with E-state index < -0.39 is 5.97 Å². The molecule has 2 aromatic rings. The molecule has 6 nitrogen and oxygen atoms in total. The summed E-state index contributed by atoms with van der Waals surface area (Å²) >= 11 is 1.10. The molecule has 0 atom stereocenters. The van der Waals surface area contributed by atoms with Crippen LogP contribution in [0.1, 0.15) is 58.8 Å². The molecule has 144 valence electrons. The Bertz CT molecular complexity index is 800. The highest BCUT2D eigenvalue weighted by molar-refractivity contribution is 7.17. The van der Waals surface area contributed by atoms with Crippen LogP contribution in [0.2, 0.25) is 0 Å². The molecule has 7 heteroatoms. The first-order valence-electron chi connectivity index (χ1n) is 8.89. The molecule has 0 aliphatic rings. The highest BCUT2D eigenvalue weighted by atomic mass is 32.1. The van der Waals surface area contributed by atoms with E-state index in [2.05, 4.69) is 10.3 Å². The number of hydrogen-bond acceptors (Lipinski definition) is 6. The monoisotopic (exact) mass is 388 g/mol. The number of ketones is 1. The number of anilines is 1. The van der Waals surface area contributed by atoms with E-state index >= 15 is 0 Å². The lowest BCUT2D eigenvalue weighted by Gasteiger charge is -2.05. The van der Waals surface area contributed by atoms with Crippen LogP contribution in [0.15, 0.2) is 30.3 Å². The van der Waals surface area contributed by atoms with Crippen LogP contribution in [0.25, 0.3) is 0 Å². The summed E-state index contributed by atoms with van der Waals surface area (Å²) < 4.78 is 5.20. The second-order valence-corrected chi connectivity index (χ2v) is 7.62. The van der Waals surface area contributed by atoms with E-state index in [4.69, 9.17) is 4.74 Å². The van der Waals surface area contributed by atoms with Gasteiger partial charge in [-0.3, -0.25) is 9.59 Å². The number of Topliss-reactive ketones (excluding diaryl/α,β-unsaturated/α-hetero) is 1. The van der Waals surface area contributed by atoms with E-state index in [9.17, 15) is 14.4 Å². The molecule has 0 unspecified atom stereocenters. The molecule has 0 aliphatic heterocycles. The number of ether oxygens (including phenoxy) is 1. The zero-order valence-electron chi connectivity index (χ0n) is 15.8. The van der Waals surface area contributed by atoms with Gasteiger partial charge in [-0.2, -0.15) is 0 Å². The minimum Gasteiger partial charge on any atom is -0.461 e. The summed E-state index contributed by atoms with van der Waals surface area (Å²) in [6, 6.07) is 9.01. The fourth-order valence-corrected chi connectivity index (χ4v) is 3.18. The lowest BCUT2D eigenvalue weighted by Crippen LogP contribution is -2.11. The third kappa shape index (κ3) is 6.60. The number of rotatable bonds is 9. The fourth-order valence-electron chi connectivity index (χ4n) is 2.31. The lowest BCUT2D eigenvalue weighted by atomic mass is 10.1. The number of carbonyl (C=O) groups is 3. The zero-order chi connectivity index (χ0) is 19.8. The molecule has 27 heavy (non-hydrogen) atoms. The SMILES string of the molecule is Cc1nc(NC(=O)CCCC(=O)c2ccccc2)sc1C(=O)OCC(C)C. The van der Waals surface area contributed by atoms with Gasteiger partial charge in [0.15, 0.2) is 10.9 Å². The van der Waals surface area contributed by atoms with Gasteiger partial charge >= 0.3 is 5.97 Å². The Kier molecular flexibility index (Phi) is 7.67. The van der Waals surface area contributed by atoms with Crippen molar-refractivity contribution < 1.29 is 19.1 Å². The van der Waals surface area contributed by atoms with E-state index in [-0.39, 0.29) is 24.0 Å². The van der Waals surface area contributed by atoms with Gasteiger partial charge in [-0.05, 0) is 19.3 Å². The molecule has 1 heterocycles. The van der Waals surface area contributed by atoms with Crippen molar-refractivity contribution in [2.75, 3.05) is 11.9 Å². The molecule has 1 aromatic heterocycles. The number of nitrogens with zero attached hydrogens (tertiary/aromatic N) is 1. The molecule has 1 amide bonds. The maximum Gasteiger partial charge on any atom is 0.350 e. The Labute approximate surface area is 163 Å². The predicted octanol–water partition coefficient (Wildman–Crippen LogP) is 4.26. The highest BCUT2D eigenvalue weighted by Crippen LogP contribution is 2.24. The summed E-state index contributed by atoms with van der Waals surface area (Å²) in [6.45, 7) is 5.96. The number of thiazole rings is 1. The van der Waals surface area contributed by atoms with Gasteiger partial charge in [0.25, 0.3) is 0 Å². The van der Waals surface area contributed by atoms with Crippen LogP contribution in [0, 0.1) is 12.8 Å². The Morgan fingerprint density at radius 1 is 1.15 bits per heavy atom. The second-order valence-electron chi connectivity index (χ2n) is 6.62. The summed E-state index contributed by atoms with van der Waals surface area (Å²) in [6.07, 6.45) is 0.971. The third-order valence-corrected chi connectivity index (χ3v) is 4.73. The summed E-state index contributed by atoms with van der Waals surface area (Å²) in [5.41, 5.74) is 1.18. The molecule has 2 rings (SSSR count).